The molecule has 0 saturated carbocycles. The first-order valence-electron chi connectivity index (χ1n) is 4.52. The zero-order valence-electron chi connectivity index (χ0n) is 7.86. The normalized spacial score (nSPS) is 20.3. The topological polar surface area (TPSA) is 44.1 Å². The Morgan fingerprint density at radius 3 is 3.29 bits per heavy atom. The number of aryl methyl sites for hydroxylation is 1. The molecule has 0 radical (unpaired) electrons. The molecule has 0 N–H and O–H groups in total. The van der Waals surface area contributed by atoms with E-state index in [1.165, 1.54) is 7.11 Å². The van der Waals surface area contributed by atoms with Crippen molar-refractivity contribution in [1.29, 1.82) is 0 Å². The predicted octanol–water partition coefficient (Wildman–Crippen LogP) is 1.59. The molecule has 1 aromatic rings. The van der Waals surface area contributed by atoms with Gasteiger partial charge in [-0.2, -0.15) is 0 Å². The van der Waals surface area contributed by atoms with Gasteiger partial charge in [-0.15, -0.1) is 0 Å². The van der Waals surface area contributed by atoms with Gasteiger partial charge < -0.3 is 9.30 Å². The molecule has 0 fully saturated rings. The van der Waals surface area contributed by atoms with Crippen molar-refractivity contribution in [3.8, 4) is 0 Å². The minimum Gasteiger partial charge on any atom is -0.469 e. The monoisotopic (exact) mass is 214 g/mol. The summed E-state index contributed by atoms with van der Waals surface area (Å²) in [6.45, 7) is 0.878. The molecule has 0 aromatic carbocycles. The van der Waals surface area contributed by atoms with E-state index >= 15 is 0 Å². The molecule has 1 atom stereocenters. The van der Waals surface area contributed by atoms with E-state index < -0.39 is 0 Å². The molecule has 0 saturated heterocycles. The lowest BCUT2D eigenvalue weighted by atomic mass is 9.96. The van der Waals surface area contributed by atoms with Gasteiger partial charge in [-0.1, -0.05) is 11.6 Å². The average Bonchev–Trinajstić information content (AvgIpc) is 2.59. The molecule has 4 nitrogen and oxygen atoms in total. The molecule has 14 heavy (non-hydrogen) atoms. The summed E-state index contributed by atoms with van der Waals surface area (Å²) in [5, 5.41) is 0.417. The van der Waals surface area contributed by atoms with Crippen LogP contribution < -0.4 is 0 Å². The summed E-state index contributed by atoms with van der Waals surface area (Å²) in [4.78, 5) is 15.4. The van der Waals surface area contributed by atoms with Crippen LogP contribution in [0.2, 0.25) is 5.15 Å². The summed E-state index contributed by atoms with van der Waals surface area (Å²) in [6, 6.07) is 0. The molecule has 2 heterocycles. The highest BCUT2D eigenvalue weighted by molar-refractivity contribution is 6.30. The van der Waals surface area contributed by atoms with Crippen LogP contribution in [-0.4, -0.2) is 22.6 Å². The molecule has 1 aliphatic heterocycles. The van der Waals surface area contributed by atoms with Gasteiger partial charge in [0.05, 0.1) is 19.1 Å². The Hall–Kier alpha value is -1.03. The van der Waals surface area contributed by atoms with Gasteiger partial charge in [0.1, 0.15) is 5.92 Å². The maximum atomic E-state index is 11.5. The smallest absolute Gasteiger partial charge is 0.314 e. The molecule has 1 aromatic heterocycles. The zero-order chi connectivity index (χ0) is 10.1. The number of hydrogen-bond acceptors (Lipinski definition) is 3. The molecular weight excluding hydrogens is 204 g/mol. The summed E-state index contributed by atoms with van der Waals surface area (Å²) in [6.07, 6.45) is 3.42. The third-order valence-corrected chi connectivity index (χ3v) is 2.83. The number of nitrogens with zero attached hydrogens (tertiary/aromatic N) is 2. The Balaban J connectivity index is 2.38. The largest absolute Gasteiger partial charge is 0.469 e. The highest BCUT2D eigenvalue weighted by Gasteiger charge is 2.30. The molecule has 0 aliphatic carbocycles. The standard InChI is InChI=1S/C9H11ClN2O2/c1-14-9(13)6-3-2-4-12-5-11-8(10)7(6)12/h5-6H,2-4H2,1H3. The third kappa shape index (κ3) is 1.39. The number of halogens is 1. The summed E-state index contributed by atoms with van der Waals surface area (Å²) in [5.41, 5.74) is 0.796. The van der Waals surface area contributed by atoms with Crippen LogP contribution in [0.25, 0.3) is 0 Å². The first-order valence-corrected chi connectivity index (χ1v) is 4.90. The van der Waals surface area contributed by atoms with Crippen molar-refractivity contribution in [1.82, 2.24) is 9.55 Å². The van der Waals surface area contributed by atoms with Gasteiger partial charge in [-0.05, 0) is 12.8 Å². The van der Waals surface area contributed by atoms with Gasteiger partial charge in [-0.25, -0.2) is 4.98 Å². The Morgan fingerprint density at radius 1 is 1.79 bits per heavy atom. The summed E-state index contributed by atoms with van der Waals surface area (Å²) < 4.78 is 6.66. The van der Waals surface area contributed by atoms with Crippen LogP contribution >= 0.6 is 11.6 Å². The van der Waals surface area contributed by atoms with E-state index in [-0.39, 0.29) is 11.9 Å². The van der Waals surface area contributed by atoms with E-state index in [4.69, 9.17) is 16.3 Å². The molecular formula is C9H11ClN2O2. The molecule has 0 amide bonds. The highest BCUT2D eigenvalue weighted by Crippen LogP contribution is 2.32. The van der Waals surface area contributed by atoms with Crippen LogP contribution in [0.4, 0.5) is 0 Å². The zero-order valence-corrected chi connectivity index (χ0v) is 8.62. The fourth-order valence-corrected chi connectivity index (χ4v) is 2.15. The van der Waals surface area contributed by atoms with Crippen molar-refractivity contribution < 1.29 is 9.53 Å². The first-order chi connectivity index (χ1) is 6.74. The second-order valence-corrected chi connectivity index (χ2v) is 3.69. The second kappa shape index (κ2) is 3.61. The number of methoxy groups -OCH3 is 1. The van der Waals surface area contributed by atoms with E-state index in [1.807, 2.05) is 4.57 Å². The van der Waals surface area contributed by atoms with Crippen LogP contribution in [0.15, 0.2) is 6.33 Å². The molecule has 1 aliphatic rings. The van der Waals surface area contributed by atoms with Crippen molar-refractivity contribution >= 4 is 17.6 Å². The van der Waals surface area contributed by atoms with Gasteiger partial charge >= 0.3 is 5.97 Å². The van der Waals surface area contributed by atoms with Crippen molar-refractivity contribution in [2.45, 2.75) is 25.3 Å². The minimum atomic E-state index is -0.247. The first kappa shape index (κ1) is 9.52. The van der Waals surface area contributed by atoms with Crippen LogP contribution in [0.1, 0.15) is 24.5 Å². The van der Waals surface area contributed by atoms with Crippen molar-refractivity contribution in [2.24, 2.45) is 0 Å². The third-order valence-electron chi connectivity index (χ3n) is 2.54. The molecule has 0 bridgehead atoms. The van der Waals surface area contributed by atoms with E-state index in [2.05, 4.69) is 4.98 Å². The lowest BCUT2D eigenvalue weighted by Crippen LogP contribution is -2.22. The summed E-state index contributed by atoms with van der Waals surface area (Å²) in [7, 11) is 1.39. The van der Waals surface area contributed by atoms with E-state index in [9.17, 15) is 4.79 Å². The average molecular weight is 215 g/mol. The van der Waals surface area contributed by atoms with Crippen LogP contribution in [0.3, 0.4) is 0 Å². The lowest BCUT2D eigenvalue weighted by Gasteiger charge is -2.22. The number of carbonyl (C=O) groups is 1. The van der Waals surface area contributed by atoms with Crippen LogP contribution in [0, 0.1) is 0 Å². The predicted molar refractivity (Wildman–Crippen MR) is 51.2 cm³/mol. The number of hydrogen-bond donors (Lipinski definition) is 0. The summed E-state index contributed by atoms with van der Waals surface area (Å²) >= 11 is 5.91. The fourth-order valence-electron chi connectivity index (χ4n) is 1.86. The van der Waals surface area contributed by atoms with E-state index in [0.29, 0.717) is 5.15 Å². The minimum absolute atomic E-state index is 0.228. The Morgan fingerprint density at radius 2 is 2.57 bits per heavy atom. The highest BCUT2D eigenvalue weighted by atomic mass is 35.5. The van der Waals surface area contributed by atoms with Gasteiger partial charge in [-0.3, -0.25) is 4.79 Å². The Kier molecular flexibility index (Phi) is 2.46. The number of fused-ring (bicyclic) bond motifs is 1. The molecule has 1 unspecified atom stereocenters. The quantitative estimate of drug-likeness (QED) is 0.667. The maximum absolute atomic E-state index is 11.5. The number of aromatic nitrogens is 2. The van der Waals surface area contributed by atoms with Crippen molar-refractivity contribution in [3.05, 3.63) is 17.2 Å². The number of imidazole rings is 1. The Bertz CT molecular complexity index is 362. The maximum Gasteiger partial charge on any atom is 0.314 e. The summed E-state index contributed by atoms with van der Waals surface area (Å²) in [5.74, 6) is -0.475. The number of esters is 1. The SMILES string of the molecule is COC(=O)C1CCCn2cnc(Cl)c21. The van der Waals surface area contributed by atoms with Gasteiger partial charge in [0.15, 0.2) is 5.15 Å². The number of rotatable bonds is 1. The fraction of sp³-hybridized carbons (Fsp3) is 0.556. The molecule has 76 valence electrons. The van der Waals surface area contributed by atoms with Crippen molar-refractivity contribution in [3.63, 3.8) is 0 Å². The van der Waals surface area contributed by atoms with Gasteiger partial charge in [0.2, 0.25) is 0 Å². The molecule has 5 heteroatoms. The van der Waals surface area contributed by atoms with Crippen LogP contribution in [0.5, 0.6) is 0 Å². The second-order valence-electron chi connectivity index (χ2n) is 3.33. The number of ether oxygens (including phenoxy) is 1. The Labute approximate surface area is 86.8 Å². The van der Waals surface area contributed by atoms with E-state index in [0.717, 1.165) is 25.1 Å². The van der Waals surface area contributed by atoms with Gasteiger partial charge in [0.25, 0.3) is 0 Å². The number of carbonyl (C=O) groups excluding carboxylic acids is 1. The molecule has 0 spiro atoms. The van der Waals surface area contributed by atoms with Gasteiger partial charge in [0, 0.05) is 6.54 Å². The lowest BCUT2D eigenvalue weighted by molar-refractivity contribution is -0.143. The molecule has 2 rings (SSSR count). The van der Waals surface area contributed by atoms with Crippen molar-refractivity contribution in [2.75, 3.05) is 7.11 Å². The van der Waals surface area contributed by atoms with Crippen LogP contribution in [-0.2, 0) is 16.1 Å². The van der Waals surface area contributed by atoms with E-state index in [1.54, 1.807) is 6.33 Å².